The summed E-state index contributed by atoms with van der Waals surface area (Å²) >= 11 is 0. The molecule has 0 bridgehead atoms. The zero-order chi connectivity index (χ0) is 23.8. The predicted octanol–water partition coefficient (Wildman–Crippen LogP) is 3.82. The largest absolute Gasteiger partial charge is 0.486 e. The van der Waals surface area contributed by atoms with Crippen molar-refractivity contribution in [1.82, 2.24) is 10.2 Å². The minimum Gasteiger partial charge on any atom is -0.486 e. The number of amides is 2. The quantitative estimate of drug-likeness (QED) is 0.525. The average Bonchev–Trinajstić information content (AvgIpc) is 2.89. The lowest BCUT2D eigenvalue weighted by Crippen LogP contribution is -2.34. The number of carbonyl (C=O) groups excluding carboxylic acids is 2. The molecule has 1 aliphatic rings. The third kappa shape index (κ3) is 5.86. The maximum atomic E-state index is 12.9. The number of likely N-dealkylation sites (N-methyl/N-ethyl adjacent to an activating group) is 1. The van der Waals surface area contributed by atoms with Crippen LogP contribution in [0, 0.1) is 0 Å². The molecule has 0 saturated carbocycles. The van der Waals surface area contributed by atoms with Crippen LogP contribution in [0.15, 0.2) is 72.8 Å². The summed E-state index contributed by atoms with van der Waals surface area (Å²) in [4.78, 5) is 27.3. The normalized spacial score (nSPS) is 12.0. The number of nitrogens with one attached hydrogen (secondary N) is 1. The number of carbonyl (C=O) groups is 2. The molecule has 34 heavy (non-hydrogen) atoms. The van der Waals surface area contributed by atoms with Crippen molar-refractivity contribution >= 4 is 11.8 Å². The summed E-state index contributed by atoms with van der Waals surface area (Å²) < 4.78 is 17.0. The van der Waals surface area contributed by atoms with E-state index in [4.69, 9.17) is 14.2 Å². The van der Waals surface area contributed by atoms with Crippen LogP contribution in [0.1, 0.15) is 28.4 Å². The van der Waals surface area contributed by atoms with E-state index >= 15 is 0 Å². The Labute approximate surface area is 199 Å². The van der Waals surface area contributed by atoms with Gasteiger partial charge in [-0.05, 0) is 42.3 Å². The van der Waals surface area contributed by atoms with Gasteiger partial charge < -0.3 is 24.4 Å². The number of benzene rings is 3. The highest BCUT2D eigenvalue weighted by Gasteiger charge is 2.18. The van der Waals surface area contributed by atoms with Crippen LogP contribution >= 0.6 is 0 Å². The fraction of sp³-hybridized carbons (Fsp3) is 0.259. The second-order valence-corrected chi connectivity index (χ2v) is 7.84. The van der Waals surface area contributed by atoms with Gasteiger partial charge in [-0.3, -0.25) is 9.59 Å². The van der Waals surface area contributed by atoms with Gasteiger partial charge in [-0.15, -0.1) is 0 Å². The van der Waals surface area contributed by atoms with E-state index in [9.17, 15) is 9.59 Å². The summed E-state index contributed by atoms with van der Waals surface area (Å²) in [7, 11) is 0. The molecule has 4 rings (SSSR count). The minimum atomic E-state index is -0.254. The van der Waals surface area contributed by atoms with Crippen LogP contribution in [0.2, 0.25) is 0 Å². The number of fused-ring (bicyclic) bond motifs is 1. The highest BCUT2D eigenvalue weighted by atomic mass is 16.6. The Kier molecular flexibility index (Phi) is 7.65. The van der Waals surface area contributed by atoms with Gasteiger partial charge in [0.2, 0.25) is 0 Å². The summed E-state index contributed by atoms with van der Waals surface area (Å²) in [6.07, 6.45) is 0. The van der Waals surface area contributed by atoms with Crippen LogP contribution in [0.5, 0.6) is 17.2 Å². The van der Waals surface area contributed by atoms with Gasteiger partial charge in [0.25, 0.3) is 11.8 Å². The topological polar surface area (TPSA) is 77.1 Å². The van der Waals surface area contributed by atoms with Crippen LogP contribution in [0.25, 0.3) is 0 Å². The molecule has 176 valence electrons. The first kappa shape index (κ1) is 23.2. The number of rotatable bonds is 9. The molecule has 0 saturated heterocycles. The standard InChI is InChI=1S/C27H28N2O5/c1-2-29(18-21-12-13-24-25(16-21)33-15-14-32-24)26(30)19-34-23-11-7-6-10-22(23)27(31)28-17-20-8-4-3-5-9-20/h3-13,16H,2,14-15,17-19H2,1H3,(H,28,31). The highest BCUT2D eigenvalue weighted by Crippen LogP contribution is 2.31. The fourth-order valence-electron chi connectivity index (χ4n) is 3.67. The summed E-state index contributed by atoms with van der Waals surface area (Å²) in [5, 5.41) is 2.90. The Balaban J connectivity index is 1.35. The van der Waals surface area contributed by atoms with Gasteiger partial charge in [-0.2, -0.15) is 0 Å². The first-order valence-electron chi connectivity index (χ1n) is 11.3. The van der Waals surface area contributed by atoms with Crippen molar-refractivity contribution < 1.29 is 23.8 Å². The van der Waals surface area contributed by atoms with Crippen LogP contribution in [-0.4, -0.2) is 43.1 Å². The van der Waals surface area contributed by atoms with Crippen molar-refractivity contribution in [2.24, 2.45) is 0 Å². The Bertz CT molecular complexity index is 1130. The molecule has 0 spiro atoms. The zero-order valence-corrected chi connectivity index (χ0v) is 19.2. The lowest BCUT2D eigenvalue weighted by molar-refractivity contribution is -0.133. The molecule has 2 amide bonds. The van der Waals surface area contributed by atoms with Crippen LogP contribution < -0.4 is 19.5 Å². The molecule has 1 aliphatic heterocycles. The smallest absolute Gasteiger partial charge is 0.260 e. The van der Waals surface area contributed by atoms with E-state index in [1.54, 1.807) is 29.2 Å². The predicted molar refractivity (Wildman–Crippen MR) is 128 cm³/mol. The first-order chi connectivity index (χ1) is 16.6. The Morgan fingerprint density at radius 2 is 1.65 bits per heavy atom. The molecule has 1 heterocycles. The van der Waals surface area contributed by atoms with Crippen molar-refractivity contribution in [1.29, 1.82) is 0 Å². The van der Waals surface area contributed by atoms with E-state index in [2.05, 4.69) is 5.32 Å². The number of nitrogens with zero attached hydrogens (tertiary/aromatic N) is 1. The van der Waals surface area contributed by atoms with Gasteiger partial charge >= 0.3 is 0 Å². The third-order valence-electron chi connectivity index (χ3n) is 5.49. The Morgan fingerprint density at radius 1 is 0.912 bits per heavy atom. The Morgan fingerprint density at radius 3 is 2.44 bits per heavy atom. The second kappa shape index (κ2) is 11.2. The van der Waals surface area contributed by atoms with Gasteiger partial charge in [-0.1, -0.05) is 48.5 Å². The van der Waals surface area contributed by atoms with E-state index < -0.39 is 0 Å². The van der Waals surface area contributed by atoms with E-state index in [0.29, 0.717) is 49.9 Å². The average molecular weight is 461 g/mol. The molecular weight excluding hydrogens is 432 g/mol. The van der Waals surface area contributed by atoms with Crippen LogP contribution in [0.3, 0.4) is 0 Å². The number of hydrogen-bond donors (Lipinski definition) is 1. The molecule has 0 atom stereocenters. The lowest BCUT2D eigenvalue weighted by atomic mass is 10.1. The monoisotopic (exact) mass is 460 g/mol. The number of ether oxygens (including phenoxy) is 3. The van der Waals surface area contributed by atoms with Gasteiger partial charge in [0.1, 0.15) is 19.0 Å². The first-order valence-corrected chi connectivity index (χ1v) is 11.3. The van der Waals surface area contributed by atoms with Crippen molar-refractivity contribution in [2.75, 3.05) is 26.4 Å². The van der Waals surface area contributed by atoms with Crippen molar-refractivity contribution in [3.63, 3.8) is 0 Å². The summed E-state index contributed by atoms with van der Waals surface area (Å²) in [5.41, 5.74) is 2.34. The summed E-state index contributed by atoms with van der Waals surface area (Å²) in [6.45, 7) is 4.16. The number of hydrogen-bond acceptors (Lipinski definition) is 5. The number of para-hydroxylation sites is 1. The molecule has 3 aromatic carbocycles. The third-order valence-corrected chi connectivity index (χ3v) is 5.49. The molecule has 3 aromatic rings. The molecule has 0 aromatic heterocycles. The highest BCUT2D eigenvalue weighted by molar-refractivity contribution is 5.97. The van der Waals surface area contributed by atoms with Crippen molar-refractivity contribution in [2.45, 2.75) is 20.0 Å². The molecule has 0 radical (unpaired) electrons. The molecular formula is C27H28N2O5. The van der Waals surface area contributed by atoms with E-state index in [-0.39, 0.29) is 18.4 Å². The maximum absolute atomic E-state index is 12.9. The molecule has 0 unspecified atom stereocenters. The van der Waals surface area contributed by atoms with E-state index in [1.807, 2.05) is 55.5 Å². The molecule has 7 nitrogen and oxygen atoms in total. The molecule has 0 aliphatic carbocycles. The van der Waals surface area contributed by atoms with Crippen molar-refractivity contribution in [3.05, 3.63) is 89.5 Å². The maximum Gasteiger partial charge on any atom is 0.260 e. The van der Waals surface area contributed by atoms with E-state index in [1.165, 1.54) is 0 Å². The molecule has 7 heteroatoms. The fourth-order valence-corrected chi connectivity index (χ4v) is 3.67. The van der Waals surface area contributed by atoms with Crippen LogP contribution in [-0.2, 0) is 17.9 Å². The lowest BCUT2D eigenvalue weighted by Gasteiger charge is -2.23. The molecule has 1 N–H and O–H groups in total. The second-order valence-electron chi connectivity index (χ2n) is 7.84. The van der Waals surface area contributed by atoms with Gasteiger partial charge in [0.15, 0.2) is 18.1 Å². The SMILES string of the molecule is CCN(Cc1ccc2c(c1)OCCO2)C(=O)COc1ccccc1C(=O)NCc1ccccc1. The van der Waals surface area contributed by atoms with E-state index in [0.717, 1.165) is 16.9 Å². The Hall–Kier alpha value is -4.00. The van der Waals surface area contributed by atoms with Crippen molar-refractivity contribution in [3.8, 4) is 17.2 Å². The van der Waals surface area contributed by atoms with Gasteiger partial charge in [-0.25, -0.2) is 0 Å². The minimum absolute atomic E-state index is 0.165. The molecule has 0 fully saturated rings. The van der Waals surface area contributed by atoms with Gasteiger partial charge in [0.05, 0.1) is 5.56 Å². The van der Waals surface area contributed by atoms with Crippen LogP contribution in [0.4, 0.5) is 0 Å². The summed E-state index contributed by atoms with van der Waals surface area (Å²) in [5.74, 6) is 1.36. The summed E-state index contributed by atoms with van der Waals surface area (Å²) in [6, 6.07) is 22.3. The zero-order valence-electron chi connectivity index (χ0n) is 19.2. The van der Waals surface area contributed by atoms with Gasteiger partial charge in [0, 0.05) is 19.6 Å².